The molecule has 3 heteroatoms. The van der Waals surface area contributed by atoms with E-state index < -0.39 is 10.8 Å². The van der Waals surface area contributed by atoms with Crippen LogP contribution in [0.4, 0.5) is 0 Å². The largest absolute Gasteiger partial charge is 0.260 e. The third-order valence-electron chi connectivity index (χ3n) is 1.58. The lowest BCUT2D eigenvalue weighted by Gasteiger charge is -2.13. The summed E-state index contributed by atoms with van der Waals surface area (Å²) in [5, 5.41) is 8.63. The van der Waals surface area contributed by atoms with Crippen molar-refractivity contribution in [2.24, 2.45) is 5.41 Å². The van der Waals surface area contributed by atoms with Crippen molar-refractivity contribution in [3.63, 3.8) is 0 Å². The zero-order chi connectivity index (χ0) is 8.91. The van der Waals surface area contributed by atoms with Gasteiger partial charge in [-0.15, -0.1) is 0 Å². The fraction of sp³-hybridized carbons (Fsp3) is 0.875. The summed E-state index contributed by atoms with van der Waals surface area (Å²) >= 11 is 0. The van der Waals surface area contributed by atoms with Crippen LogP contribution in [-0.2, 0) is 10.8 Å². The molecule has 64 valence electrons. The van der Waals surface area contributed by atoms with Gasteiger partial charge in [0.1, 0.15) is 0 Å². The van der Waals surface area contributed by atoms with Crippen LogP contribution < -0.4 is 0 Å². The Bertz CT molecular complexity index is 181. The van der Waals surface area contributed by atoms with Crippen molar-refractivity contribution in [3.05, 3.63) is 0 Å². The van der Waals surface area contributed by atoms with E-state index in [0.29, 0.717) is 11.5 Å². The maximum atomic E-state index is 11.0. The quantitative estimate of drug-likeness (QED) is 0.649. The zero-order valence-corrected chi connectivity index (χ0v) is 8.20. The standard InChI is InChI=1S/C8H15NOS/c1-4-11(10)6-5-8(2,3)7-9/h4-6H2,1-3H3. The van der Waals surface area contributed by atoms with Gasteiger partial charge in [0.05, 0.1) is 11.5 Å². The van der Waals surface area contributed by atoms with Crippen LogP contribution >= 0.6 is 0 Å². The lowest BCUT2D eigenvalue weighted by molar-refractivity contribution is 0.479. The number of rotatable bonds is 4. The summed E-state index contributed by atoms with van der Waals surface area (Å²) in [6.07, 6.45) is 0.726. The van der Waals surface area contributed by atoms with E-state index in [1.165, 1.54) is 0 Å². The van der Waals surface area contributed by atoms with Gasteiger partial charge in [-0.2, -0.15) is 5.26 Å². The van der Waals surface area contributed by atoms with Crippen molar-refractivity contribution < 1.29 is 4.21 Å². The van der Waals surface area contributed by atoms with Crippen LogP contribution in [0.2, 0.25) is 0 Å². The summed E-state index contributed by atoms with van der Waals surface area (Å²) in [5.74, 6) is 1.35. The molecule has 0 bridgehead atoms. The monoisotopic (exact) mass is 173 g/mol. The zero-order valence-electron chi connectivity index (χ0n) is 7.39. The van der Waals surface area contributed by atoms with Gasteiger partial charge in [0.15, 0.2) is 0 Å². The summed E-state index contributed by atoms with van der Waals surface area (Å²) in [6.45, 7) is 5.65. The number of nitrogens with zero attached hydrogens (tertiary/aromatic N) is 1. The van der Waals surface area contributed by atoms with Gasteiger partial charge >= 0.3 is 0 Å². The number of hydrogen-bond acceptors (Lipinski definition) is 2. The Morgan fingerprint density at radius 1 is 1.55 bits per heavy atom. The van der Waals surface area contributed by atoms with E-state index in [9.17, 15) is 4.21 Å². The van der Waals surface area contributed by atoms with Gasteiger partial charge in [-0.3, -0.25) is 4.21 Å². The average molecular weight is 173 g/mol. The second-order valence-corrected chi connectivity index (χ2v) is 5.04. The van der Waals surface area contributed by atoms with E-state index in [0.717, 1.165) is 6.42 Å². The molecule has 0 saturated heterocycles. The van der Waals surface area contributed by atoms with Gasteiger partial charge in [-0.1, -0.05) is 6.92 Å². The molecule has 0 heterocycles. The van der Waals surface area contributed by atoms with Crippen molar-refractivity contribution in [2.75, 3.05) is 11.5 Å². The molecular formula is C8H15NOS. The Hall–Kier alpha value is -0.360. The predicted octanol–water partition coefficient (Wildman–Crippen LogP) is 1.69. The molecule has 0 fully saturated rings. The molecule has 0 aliphatic rings. The number of nitriles is 1. The summed E-state index contributed by atoms with van der Waals surface area (Å²) in [6, 6.07) is 2.19. The van der Waals surface area contributed by atoms with Crippen LogP contribution in [-0.4, -0.2) is 15.7 Å². The minimum absolute atomic E-state index is 0.315. The van der Waals surface area contributed by atoms with E-state index in [2.05, 4.69) is 6.07 Å². The fourth-order valence-electron chi connectivity index (χ4n) is 0.569. The molecule has 0 saturated carbocycles. The molecule has 0 radical (unpaired) electrons. The van der Waals surface area contributed by atoms with E-state index in [1.807, 2.05) is 20.8 Å². The van der Waals surface area contributed by atoms with Crippen molar-refractivity contribution in [2.45, 2.75) is 27.2 Å². The lowest BCUT2D eigenvalue weighted by atomic mass is 9.93. The molecule has 0 rings (SSSR count). The minimum Gasteiger partial charge on any atom is -0.260 e. The Morgan fingerprint density at radius 2 is 2.09 bits per heavy atom. The van der Waals surface area contributed by atoms with Gasteiger partial charge in [-0.05, 0) is 20.3 Å². The van der Waals surface area contributed by atoms with Crippen LogP contribution in [0.5, 0.6) is 0 Å². The fourth-order valence-corrected chi connectivity index (χ4v) is 1.60. The van der Waals surface area contributed by atoms with Gasteiger partial charge in [-0.25, -0.2) is 0 Å². The second kappa shape index (κ2) is 4.50. The molecule has 2 nitrogen and oxygen atoms in total. The molecule has 11 heavy (non-hydrogen) atoms. The number of hydrogen-bond donors (Lipinski definition) is 0. The minimum atomic E-state index is -0.726. The third kappa shape index (κ3) is 4.97. The van der Waals surface area contributed by atoms with E-state index in [4.69, 9.17) is 5.26 Å². The molecule has 0 aromatic rings. The first-order valence-corrected chi connectivity index (χ1v) is 5.27. The van der Waals surface area contributed by atoms with Crippen LogP contribution in [0.1, 0.15) is 27.2 Å². The first kappa shape index (κ1) is 10.6. The van der Waals surface area contributed by atoms with E-state index in [-0.39, 0.29) is 5.41 Å². The first-order chi connectivity index (χ1) is 5.02. The second-order valence-electron chi connectivity index (χ2n) is 3.18. The molecule has 0 amide bonds. The molecule has 1 atom stereocenters. The maximum absolute atomic E-state index is 11.0. The smallest absolute Gasteiger partial charge is 0.0684 e. The molecule has 0 aliphatic carbocycles. The molecule has 0 N–H and O–H groups in total. The van der Waals surface area contributed by atoms with Crippen molar-refractivity contribution >= 4 is 10.8 Å². The third-order valence-corrected chi connectivity index (χ3v) is 2.88. The molecule has 0 aromatic carbocycles. The Morgan fingerprint density at radius 3 is 2.45 bits per heavy atom. The highest BCUT2D eigenvalue weighted by atomic mass is 32.2. The van der Waals surface area contributed by atoms with Crippen molar-refractivity contribution in [3.8, 4) is 6.07 Å². The lowest BCUT2D eigenvalue weighted by Crippen LogP contribution is -2.13. The topological polar surface area (TPSA) is 40.9 Å². The Kier molecular flexibility index (Phi) is 4.36. The highest BCUT2D eigenvalue weighted by Crippen LogP contribution is 2.18. The molecule has 0 spiro atoms. The average Bonchev–Trinajstić information content (AvgIpc) is 2.00. The maximum Gasteiger partial charge on any atom is 0.0684 e. The highest BCUT2D eigenvalue weighted by molar-refractivity contribution is 7.84. The van der Waals surface area contributed by atoms with E-state index in [1.54, 1.807) is 0 Å². The van der Waals surface area contributed by atoms with Crippen LogP contribution in [0.3, 0.4) is 0 Å². The summed E-state index contributed by atoms with van der Waals surface area (Å²) < 4.78 is 11.0. The van der Waals surface area contributed by atoms with Crippen LogP contribution in [0.25, 0.3) is 0 Å². The van der Waals surface area contributed by atoms with Gasteiger partial charge in [0, 0.05) is 22.3 Å². The van der Waals surface area contributed by atoms with Gasteiger partial charge in [0.25, 0.3) is 0 Å². The van der Waals surface area contributed by atoms with Crippen LogP contribution in [0, 0.1) is 16.7 Å². The summed E-state index contributed by atoms with van der Waals surface area (Å²) in [7, 11) is -0.726. The van der Waals surface area contributed by atoms with Crippen molar-refractivity contribution in [1.29, 1.82) is 5.26 Å². The predicted molar refractivity (Wildman–Crippen MR) is 47.6 cm³/mol. The van der Waals surface area contributed by atoms with Gasteiger partial charge in [0.2, 0.25) is 0 Å². The normalized spacial score (nSPS) is 14.0. The molecule has 0 aromatic heterocycles. The summed E-state index contributed by atoms with van der Waals surface area (Å²) in [4.78, 5) is 0. The molecular weight excluding hydrogens is 158 g/mol. The Labute approximate surface area is 71.1 Å². The van der Waals surface area contributed by atoms with E-state index >= 15 is 0 Å². The highest BCUT2D eigenvalue weighted by Gasteiger charge is 2.16. The summed E-state index contributed by atoms with van der Waals surface area (Å²) in [5.41, 5.74) is -0.315. The van der Waals surface area contributed by atoms with Crippen LogP contribution in [0.15, 0.2) is 0 Å². The molecule has 0 aliphatic heterocycles. The Balaban J connectivity index is 3.72. The SMILES string of the molecule is CCS(=O)CCC(C)(C)C#N. The first-order valence-electron chi connectivity index (χ1n) is 3.78. The van der Waals surface area contributed by atoms with Crippen molar-refractivity contribution in [1.82, 2.24) is 0 Å². The van der Waals surface area contributed by atoms with Gasteiger partial charge < -0.3 is 0 Å². The molecule has 1 unspecified atom stereocenters.